The zero-order valence-electron chi connectivity index (χ0n) is 35.5. The Labute approximate surface area is 413 Å². The van der Waals surface area contributed by atoms with Crippen molar-refractivity contribution in [3.63, 3.8) is 0 Å². The van der Waals surface area contributed by atoms with Crippen LogP contribution < -0.4 is 15.1 Å². The summed E-state index contributed by atoms with van der Waals surface area (Å²) in [6, 6.07) is 33.4. The van der Waals surface area contributed by atoms with Gasteiger partial charge in [-0.1, -0.05) is 72.8 Å². The van der Waals surface area contributed by atoms with Gasteiger partial charge in [0.25, 0.3) is 22.3 Å². The van der Waals surface area contributed by atoms with Crippen LogP contribution in [0.15, 0.2) is 124 Å². The number of aromatic hydroxyl groups is 3. The number of hydrogen-bond acceptors (Lipinski definition) is 10. The van der Waals surface area contributed by atoms with Crippen molar-refractivity contribution in [2.45, 2.75) is 17.8 Å². The Kier molecular flexibility index (Phi) is 13.2. The van der Waals surface area contributed by atoms with Crippen molar-refractivity contribution in [1.29, 1.82) is 0 Å². The number of carbonyl (C=O) groups excluding carboxylic acids is 4. The van der Waals surface area contributed by atoms with E-state index >= 15 is 0 Å². The number of anilines is 3. The van der Waals surface area contributed by atoms with Crippen molar-refractivity contribution in [1.82, 2.24) is 0 Å². The second-order valence-electron chi connectivity index (χ2n) is 16.3. The topological polar surface area (TPSA) is 174 Å². The number of phenolic OH excluding ortho intramolecular Hbond substituents is 3. The average Bonchev–Trinajstić information content (AvgIpc) is 4.21. The van der Waals surface area contributed by atoms with Gasteiger partial charge in [0, 0.05) is 95.1 Å². The molecule has 2 aromatic heterocycles. The van der Waals surface area contributed by atoms with Crippen LogP contribution in [0.25, 0.3) is 32.3 Å². The van der Waals surface area contributed by atoms with E-state index in [9.17, 15) is 34.5 Å². The molecule has 8 aromatic rings. The minimum Gasteiger partial charge on any atom is -0.507 e. The van der Waals surface area contributed by atoms with Crippen LogP contribution >= 0.6 is 58.0 Å². The molecule has 0 aliphatic carbocycles. The Balaban J connectivity index is 0.000000173. The monoisotopic (exact) mass is 1010 g/mol. The summed E-state index contributed by atoms with van der Waals surface area (Å²) in [4.78, 5) is 51.3. The lowest BCUT2D eigenvalue weighted by Crippen LogP contribution is -2.30. The summed E-state index contributed by atoms with van der Waals surface area (Å²) in [5.74, 6) is 0.694. The van der Waals surface area contributed by atoms with Crippen molar-refractivity contribution < 1.29 is 43.3 Å². The highest BCUT2D eigenvalue weighted by molar-refractivity contribution is 6.68. The SMILES string of the molecule is O=C(Cl)c1ccc(C(=O)Cl)o1.O=C(c1ccc(C(=O)N2C[C@@H](CCl)c3c2cc(O)c2ccccc32)o1)N1C[C@@H](CCl)c2c1cc(O)c1ccccc21.Oc1cc2c(c3ccccc13)[C@H](CCl)CN2. The Morgan fingerprint density at radius 3 is 1.24 bits per heavy atom. The van der Waals surface area contributed by atoms with E-state index in [4.69, 9.17) is 62.4 Å². The van der Waals surface area contributed by atoms with Gasteiger partial charge in [0.15, 0.2) is 23.0 Å². The van der Waals surface area contributed by atoms with Gasteiger partial charge in [0.2, 0.25) is 0 Å². The van der Waals surface area contributed by atoms with E-state index in [2.05, 4.69) is 9.73 Å². The zero-order chi connectivity index (χ0) is 48.0. The molecule has 0 spiro atoms. The second kappa shape index (κ2) is 19.3. The minimum absolute atomic E-state index is 0.00292. The summed E-state index contributed by atoms with van der Waals surface area (Å²) in [6.07, 6.45) is 0. The van der Waals surface area contributed by atoms with Crippen LogP contribution in [0, 0.1) is 0 Å². The van der Waals surface area contributed by atoms with Crippen LogP contribution in [-0.2, 0) is 0 Å². The van der Waals surface area contributed by atoms with E-state index in [-0.39, 0.29) is 46.4 Å². The highest BCUT2D eigenvalue weighted by Crippen LogP contribution is 2.48. The maximum atomic E-state index is 13.7. The molecule has 17 heteroatoms. The van der Waals surface area contributed by atoms with Crippen molar-refractivity contribution in [3.8, 4) is 17.2 Å². The fourth-order valence-electron chi connectivity index (χ4n) is 9.30. The van der Waals surface area contributed by atoms with Crippen LogP contribution in [0.1, 0.15) is 76.7 Å². The van der Waals surface area contributed by atoms with E-state index < -0.39 is 22.3 Å². The van der Waals surface area contributed by atoms with Gasteiger partial charge in [-0.2, -0.15) is 0 Å². The first kappa shape index (κ1) is 46.7. The Morgan fingerprint density at radius 2 is 0.853 bits per heavy atom. The third-order valence-electron chi connectivity index (χ3n) is 12.4. The van der Waals surface area contributed by atoms with Crippen molar-refractivity contribution >= 4 is 130 Å². The molecule has 0 saturated carbocycles. The smallest absolute Gasteiger partial charge is 0.294 e. The molecule has 4 N–H and O–H groups in total. The second-order valence-corrected chi connectivity index (χ2v) is 17.9. The molecule has 0 unspecified atom stereocenters. The first-order valence-corrected chi connectivity index (χ1v) is 23.6. The number of nitrogens with one attached hydrogen (secondary N) is 1. The molecule has 3 atom stereocenters. The number of furan rings is 2. The predicted molar refractivity (Wildman–Crippen MR) is 267 cm³/mol. The molecule has 3 aliphatic heterocycles. The third-order valence-corrected chi connectivity index (χ3v) is 13.9. The molecule has 11 rings (SSSR count). The van der Waals surface area contributed by atoms with Crippen LogP contribution in [-0.4, -0.2) is 74.9 Å². The number of alkyl halides is 3. The first-order valence-electron chi connectivity index (χ1n) is 21.2. The van der Waals surface area contributed by atoms with Crippen LogP contribution in [0.3, 0.4) is 0 Å². The number of nitrogens with zero attached hydrogens (tertiary/aromatic N) is 2. The fraction of sp³-hybridized carbons (Fsp3) is 0.176. The van der Waals surface area contributed by atoms with Gasteiger partial charge in [0.1, 0.15) is 17.2 Å². The summed E-state index contributed by atoms with van der Waals surface area (Å²) in [7, 11) is 0. The van der Waals surface area contributed by atoms with E-state index in [0.717, 1.165) is 44.9 Å². The van der Waals surface area contributed by atoms with Crippen LogP contribution in [0.5, 0.6) is 17.2 Å². The van der Waals surface area contributed by atoms with Crippen molar-refractivity contribution in [2.75, 3.05) is 52.4 Å². The summed E-state index contributed by atoms with van der Waals surface area (Å²) >= 11 is 28.7. The number of hydrogen-bond donors (Lipinski definition) is 4. The normalized spacial score (nSPS) is 16.6. The van der Waals surface area contributed by atoms with E-state index in [0.29, 0.717) is 64.5 Å². The minimum atomic E-state index is -0.755. The van der Waals surface area contributed by atoms with Crippen LogP contribution in [0.2, 0.25) is 0 Å². The fourth-order valence-corrected chi connectivity index (χ4v) is 10.3. The molecule has 346 valence electrons. The molecule has 2 amide bonds. The zero-order valence-corrected chi connectivity index (χ0v) is 39.3. The van der Waals surface area contributed by atoms with Crippen molar-refractivity contribution in [2.24, 2.45) is 0 Å². The van der Waals surface area contributed by atoms with Gasteiger partial charge >= 0.3 is 0 Å². The first-order chi connectivity index (χ1) is 32.8. The predicted octanol–water partition coefficient (Wildman–Crippen LogP) is 12.3. The quantitative estimate of drug-likeness (QED) is 0.0889. The summed E-state index contributed by atoms with van der Waals surface area (Å²) in [5.41, 5.74) is 5.20. The summed E-state index contributed by atoms with van der Waals surface area (Å²) < 4.78 is 10.5. The van der Waals surface area contributed by atoms with Gasteiger partial charge in [-0.15, -0.1) is 34.8 Å². The molecule has 0 fully saturated rings. The van der Waals surface area contributed by atoms with E-state index in [1.165, 1.54) is 29.8 Å². The summed E-state index contributed by atoms with van der Waals surface area (Å²) in [6.45, 7) is 1.49. The lowest BCUT2D eigenvalue weighted by Gasteiger charge is -2.18. The number of fused-ring (bicyclic) bond motifs is 9. The molecule has 0 radical (unpaired) electrons. The Morgan fingerprint density at radius 1 is 0.500 bits per heavy atom. The maximum absolute atomic E-state index is 13.7. The maximum Gasteiger partial charge on any atom is 0.294 e. The average molecular weight is 1010 g/mol. The third kappa shape index (κ3) is 8.45. The lowest BCUT2D eigenvalue weighted by molar-refractivity contribution is 0.0935. The number of benzene rings is 6. The molecule has 3 aliphatic rings. The summed E-state index contributed by atoms with van der Waals surface area (Å²) in [5, 5.41) is 38.2. The van der Waals surface area contributed by atoms with E-state index in [1.54, 1.807) is 28.0 Å². The lowest BCUT2D eigenvalue weighted by atomic mass is 9.95. The standard InChI is InChI=1S/C32H24Cl2N2O5.C13H12ClNO.C6H2Cl2O3/c33-13-17-15-35(23-11-25(37)19-5-1-3-7-21(19)29(17)23)31(39)27-9-10-28(41-27)32(40)36-16-18(14-34)30-22-8-4-2-6-20(22)26(38)12-24(30)36;14-6-8-7-15-11-5-12(16)9-3-1-2-4-10(9)13(8)11;7-5(9)3-1-2-4(11-3)6(8)10/h1-12,17-18,37-38H,13-16H2;1-5,8,15-16H,6-7H2;1-2H/t17-,18-;8-;/m11./s1. The number of phenols is 3. The van der Waals surface area contributed by atoms with Gasteiger partial charge < -0.3 is 39.3 Å². The Bertz CT molecular complexity index is 3150. The highest BCUT2D eigenvalue weighted by atomic mass is 35.5. The largest absolute Gasteiger partial charge is 0.507 e. The van der Waals surface area contributed by atoms with Gasteiger partial charge in [-0.05, 0) is 80.3 Å². The van der Waals surface area contributed by atoms with Gasteiger partial charge in [-0.3, -0.25) is 19.2 Å². The molecule has 12 nitrogen and oxygen atoms in total. The van der Waals surface area contributed by atoms with E-state index in [1.807, 2.05) is 72.8 Å². The number of halogens is 5. The molecular formula is C51H38Cl5N3O9. The van der Waals surface area contributed by atoms with Gasteiger partial charge in [0.05, 0.1) is 11.4 Å². The molecule has 0 saturated heterocycles. The Hall–Kier alpha value is -6.41. The number of amides is 2. The molecule has 0 bridgehead atoms. The van der Waals surface area contributed by atoms with Crippen molar-refractivity contribution in [3.05, 3.63) is 155 Å². The number of carbonyl (C=O) groups is 4. The van der Waals surface area contributed by atoms with Crippen LogP contribution in [0.4, 0.5) is 17.1 Å². The molecule has 68 heavy (non-hydrogen) atoms. The molecule has 6 aromatic carbocycles. The highest BCUT2D eigenvalue weighted by Gasteiger charge is 2.39. The van der Waals surface area contributed by atoms with Gasteiger partial charge in [-0.25, -0.2) is 0 Å². The molecule has 5 heterocycles. The number of rotatable bonds is 7. The molecular weight excluding hydrogens is 976 g/mol.